The summed E-state index contributed by atoms with van der Waals surface area (Å²) in [6, 6.07) is -0.616. The van der Waals surface area contributed by atoms with Crippen molar-refractivity contribution in [2.75, 3.05) is 13.1 Å². The van der Waals surface area contributed by atoms with Crippen molar-refractivity contribution in [1.82, 2.24) is 4.90 Å². The molecule has 88 valence electrons. The van der Waals surface area contributed by atoms with Crippen LogP contribution < -0.4 is 0 Å². The standard InChI is InChI=1S/C11H17N3O2/c1-3-5-8-14(4-2)11(16)9-6-7-10(15)13-12-9/h6-7,9H,3-5,8H2,1-2H3. The maximum Gasteiger partial charge on any atom is 0.287 e. The Morgan fingerprint density at radius 3 is 2.75 bits per heavy atom. The highest BCUT2D eigenvalue weighted by Crippen LogP contribution is 2.08. The summed E-state index contributed by atoms with van der Waals surface area (Å²) >= 11 is 0. The van der Waals surface area contributed by atoms with E-state index in [2.05, 4.69) is 17.2 Å². The second kappa shape index (κ2) is 6.15. The van der Waals surface area contributed by atoms with Gasteiger partial charge in [0.2, 0.25) is 0 Å². The van der Waals surface area contributed by atoms with Crippen LogP contribution in [-0.2, 0) is 9.59 Å². The molecule has 1 atom stereocenters. The maximum atomic E-state index is 12.0. The molecular formula is C11H17N3O2. The predicted molar refractivity (Wildman–Crippen MR) is 60.0 cm³/mol. The summed E-state index contributed by atoms with van der Waals surface area (Å²) in [6.45, 7) is 5.41. The van der Waals surface area contributed by atoms with Gasteiger partial charge in [0.25, 0.3) is 11.8 Å². The number of azo groups is 1. The van der Waals surface area contributed by atoms with Crippen LogP contribution in [0.4, 0.5) is 0 Å². The van der Waals surface area contributed by atoms with Gasteiger partial charge in [-0.15, -0.1) is 5.11 Å². The molecule has 0 aromatic carbocycles. The van der Waals surface area contributed by atoms with E-state index in [4.69, 9.17) is 0 Å². The average molecular weight is 223 g/mol. The van der Waals surface area contributed by atoms with Crippen LogP contribution in [0.25, 0.3) is 0 Å². The molecule has 16 heavy (non-hydrogen) atoms. The first-order valence-corrected chi connectivity index (χ1v) is 5.60. The van der Waals surface area contributed by atoms with Crippen LogP contribution in [0.1, 0.15) is 26.7 Å². The zero-order chi connectivity index (χ0) is 12.0. The highest BCUT2D eigenvalue weighted by molar-refractivity contribution is 5.92. The molecule has 1 aliphatic rings. The Bertz CT molecular complexity index is 307. The van der Waals surface area contributed by atoms with Crippen LogP contribution in [0.15, 0.2) is 22.4 Å². The molecule has 1 unspecified atom stereocenters. The first kappa shape index (κ1) is 12.5. The second-order valence-electron chi connectivity index (χ2n) is 3.63. The molecule has 1 aliphatic heterocycles. The number of unbranched alkanes of at least 4 members (excludes halogenated alkanes) is 1. The van der Waals surface area contributed by atoms with Crippen LogP contribution in [-0.4, -0.2) is 35.8 Å². The normalized spacial score (nSPS) is 18.9. The number of rotatable bonds is 5. The van der Waals surface area contributed by atoms with E-state index in [9.17, 15) is 9.59 Å². The van der Waals surface area contributed by atoms with E-state index in [1.165, 1.54) is 12.2 Å². The fourth-order valence-electron chi connectivity index (χ4n) is 1.46. The van der Waals surface area contributed by atoms with Crippen molar-refractivity contribution < 1.29 is 9.59 Å². The van der Waals surface area contributed by atoms with Crippen LogP contribution in [0, 0.1) is 0 Å². The highest BCUT2D eigenvalue weighted by atomic mass is 16.2. The Hall–Kier alpha value is -1.52. The van der Waals surface area contributed by atoms with E-state index in [-0.39, 0.29) is 5.91 Å². The zero-order valence-electron chi connectivity index (χ0n) is 9.72. The van der Waals surface area contributed by atoms with Gasteiger partial charge in [-0.05, 0) is 19.4 Å². The van der Waals surface area contributed by atoms with Gasteiger partial charge in [-0.2, -0.15) is 5.11 Å². The number of likely N-dealkylation sites (N-methyl/N-ethyl adjacent to an activating group) is 1. The summed E-state index contributed by atoms with van der Waals surface area (Å²) in [4.78, 5) is 24.5. The molecule has 0 saturated heterocycles. The lowest BCUT2D eigenvalue weighted by Crippen LogP contribution is -2.38. The molecular weight excluding hydrogens is 206 g/mol. The molecule has 1 rings (SSSR count). The lowest BCUT2D eigenvalue weighted by Gasteiger charge is -2.22. The fraction of sp³-hybridized carbons (Fsp3) is 0.636. The molecule has 0 aromatic rings. The third-order valence-electron chi connectivity index (χ3n) is 2.43. The van der Waals surface area contributed by atoms with Crippen molar-refractivity contribution in [3.8, 4) is 0 Å². The van der Waals surface area contributed by atoms with Crippen molar-refractivity contribution in [2.45, 2.75) is 32.7 Å². The first-order valence-electron chi connectivity index (χ1n) is 5.60. The summed E-state index contributed by atoms with van der Waals surface area (Å²) in [5, 5.41) is 7.07. The molecule has 0 saturated carbocycles. The Balaban J connectivity index is 2.58. The summed E-state index contributed by atoms with van der Waals surface area (Å²) in [7, 11) is 0. The van der Waals surface area contributed by atoms with Gasteiger partial charge in [-0.3, -0.25) is 9.59 Å². The lowest BCUT2D eigenvalue weighted by molar-refractivity contribution is -0.131. The number of amides is 2. The van der Waals surface area contributed by atoms with Gasteiger partial charge in [0, 0.05) is 19.2 Å². The average Bonchev–Trinajstić information content (AvgIpc) is 2.30. The third kappa shape index (κ3) is 3.25. The zero-order valence-corrected chi connectivity index (χ0v) is 9.72. The number of carbonyl (C=O) groups excluding carboxylic acids is 2. The van der Waals surface area contributed by atoms with Gasteiger partial charge in [-0.25, -0.2) is 0 Å². The number of nitrogens with zero attached hydrogens (tertiary/aromatic N) is 3. The number of hydrogen-bond donors (Lipinski definition) is 0. The molecule has 0 bridgehead atoms. The Kier molecular flexibility index (Phi) is 4.82. The smallest absolute Gasteiger partial charge is 0.287 e. The molecule has 0 radical (unpaired) electrons. The minimum atomic E-state index is -0.616. The maximum absolute atomic E-state index is 12.0. The molecule has 2 amide bonds. The summed E-state index contributed by atoms with van der Waals surface area (Å²) < 4.78 is 0. The van der Waals surface area contributed by atoms with Crippen molar-refractivity contribution in [3.05, 3.63) is 12.2 Å². The fourth-order valence-corrected chi connectivity index (χ4v) is 1.46. The molecule has 1 heterocycles. The summed E-state index contributed by atoms with van der Waals surface area (Å²) in [6.07, 6.45) is 4.83. The van der Waals surface area contributed by atoms with Crippen molar-refractivity contribution in [1.29, 1.82) is 0 Å². The largest absolute Gasteiger partial charge is 0.341 e. The Morgan fingerprint density at radius 1 is 1.50 bits per heavy atom. The van der Waals surface area contributed by atoms with E-state index in [1.807, 2.05) is 6.92 Å². The van der Waals surface area contributed by atoms with Gasteiger partial charge >= 0.3 is 0 Å². The van der Waals surface area contributed by atoms with Gasteiger partial charge in [0.1, 0.15) is 0 Å². The monoisotopic (exact) mass is 223 g/mol. The molecule has 5 nitrogen and oxygen atoms in total. The molecule has 0 aromatic heterocycles. The van der Waals surface area contributed by atoms with E-state index < -0.39 is 11.9 Å². The van der Waals surface area contributed by atoms with E-state index in [1.54, 1.807) is 4.90 Å². The van der Waals surface area contributed by atoms with Gasteiger partial charge < -0.3 is 4.90 Å². The Morgan fingerprint density at radius 2 is 2.25 bits per heavy atom. The van der Waals surface area contributed by atoms with Crippen LogP contribution in [0.2, 0.25) is 0 Å². The van der Waals surface area contributed by atoms with Crippen molar-refractivity contribution in [3.63, 3.8) is 0 Å². The lowest BCUT2D eigenvalue weighted by atomic mass is 10.2. The summed E-state index contributed by atoms with van der Waals surface area (Å²) in [5.41, 5.74) is 0. The van der Waals surface area contributed by atoms with Gasteiger partial charge in [-0.1, -0.05) is 13.3 Å². The van der Waals surface area contributed by atoms with Crippen LogP contribution in [0.3, 0.4) is 0 Å². The van der Waals surface area contributed by atoms with E-state index >= 15 is 0 Å². The van der Waals surface area contributed by atoms with Crippen molar-refractivity contribution >= 4 is 11.8 Å². The second-order valence-corrected chi connectivity index (χ2v) is 3.63. The molecule has 0 N–H and O–H groups in total. The molecule has 5 heteroatoms. The number of carbonyl (C=O) groups is 2. The molecule has 0 spiro atoms. The van der Waals surface area contributed by atoms with E-state index in [0.29, 0.717) is 6.54 Å². The predicted octanol–water partition coefficient (Wildman–Crippen LogP) is 1.55. The third-order valence-corrected chi connectivity index (χ3v) is 2.43. The van der Waals surface area contributed by atoms with Gasteiger partial charge in [0.15, 0.2) is 6.04 Å². The minimum absolute atomic E-state index is 0.0801. The van der Waals surface area contributed by atoms with Crippen LogP contribution >= 0.6 is 0 Å². The number of hydrogen-bond acceptors (Lipinski definition) is 3. The first-order chi connectivity index (χ1) is 7.69. The van der Waals surface area contributed by atoms with Crippen molar-refractivity contribution in [2.24, 2.45) is 10.2 Å². The Labute approximate surface area is 95.2 Å². The van der Waals surface area contributed by atoms with Gasteiger partial charge in [0.05, 0.1) is 0 Å². The van der Waals surface area contributed by atoms with E-state index in [0.717, 1.165) is 19.4 Å². The summed E-state index contributed by atoms with van der Waals surface area (Å²) in [5.74, 6) is -0.482. The quantitative estimate of drug-likeness (QED) is 0.710. The molecule has 0 fully saturated rings. The minimum Gasteiger partial charge on any atom is -0.341 e. The highest BCUT2D eigenvalue weighted by Gasteiger charge is 2.22. The van der Waals surface area contributed by atoms with Crippen LogP contribution in [0.5, 0.6) is 0 Å². The SMILES string of the molecule is CCCCN(CC)C(=O)C1C=CC(=O)N=N1. The molecule has 0 aliphatic carbocycles. The topological polar surface area (TPSA) is 62.1 Å².